The molecule has 0 bridgehead atoms. The molecule has 1 aromatic rings. The van der Waals surface area contributed by atoms with Crippen LogP contribution in [0.1, 0.15) is 71.9 Å². The fourth-order valence-corrected chi connectivity index (χ4v) is 4.09. The van der Waals surface area contributed by atoms with Crippen LogP contribution in [0.25, 0.3) is 6.08 Å². The number of carbonyl (C=O) groups is 3. The fourth-order valence-electron chi connectivity index (χ4n) is 4.09. The van der Waals surface area contributed by atoms with E-state index in [1.807, 2.05) is 24.3 Å². The Kier molecular flexibility index (Phi) is 11.1. The molecule has 0 saturated carbocycles. The van der Waals surface area contributed by atoms with E-state index in [1.54, 1.807) is 47.6 Å². The molecule has 37 heavy (non-hydrogen) atoms. The number of allylic oxidation sites excluding steroid dienone is 1. The molecule has 8 heteroatoms. The second-order valence-corrected chi connectivity index (χ2v) is 9.60. The van der Waals surface area contributed by atoms with E-state index in [1.165, 1.54) is 6.08 Å². The molecule has 1 heterocycles. The van der Waals surface area contributed by atoms with E-state index in [0.29, 0.717) is 40.2 Å². The maximum atomic E-state index is 13.4. The smallest absolute Gasteiger partial charge is 0.336 e. The van der Waals surface area contributed by atoms with Crippen LogP contribution >= 0.6 is 0 Å². The van der Waals surface area contributed by atoms with Gasteiger partial charge in [-0.1, -0.05) is 31.2 Å². The van der Waals surface area contributed by atoms with Crippen molar-refractivity contribution >= 4 is 24.0 Å². The van der Waals surface area contributed by atoms with Crippen LogP contribution in [0.5, 0.6) is 0 Å². The average molecular weight is 513 g/mol. The maximum Gasteiger partial charge on any atom is 0.336 e. The van der Waals surface area contributed by atoms with Gasteiger partial charge in [-0.05, 0) is 71.7 Å². The molecule has 1 atom stereocenters. The highest BCUT2D eigenvalue weighted by molar-refractivity contribution is 6.00. The monoisotopic (exact) mass is 512 g/mol. The Morgan fingerprint density at radius 3 is 2.22 bits per heavy atom. The Morgan fingerprint density at radius 1 is 1.00 bits per heavy atom. The lowest BCUT2D eigenvalue weighted by atomic mass is 9.78. The van der Waals surface area contributed by atoms with E-state index in [9.17, 15) is 14.4 Å². The first-order valence-corrected chi connectivity index (χ1v) is 12.8. The van der Waals surface area contributed by atoms with Crippen molar-refractivity contribution in [2.24, 2.45) is 0 Å². The number of benzene rings is 1. The third-order valence-corrected chi connectivity index (χ3v) is 5.48. The predicted molar refractivity (Wildman–Crippen MR) is 143 cm³/mol. The van der Waals surface area contributed by atoms with Gasteiger partial charge in [0.05, 0.1) is 30.3 Å². The molecule has 0 saturated heterocycles. The Balaban J connectivity index is 2.72. The normalized spacial score (nSPS) is 16.0. The van der Waals surface area contributed by atoms with Gasteiger partial charge in [0.15, 0.2) is 0 Å². The molecule has 0 fully saturated rings. The Bertz CT molecular complexity index is 1080. The highest BCUT2D eigenvalue weighted by atomic mass is 16.6. The summed E-state index contributed by atoms with van der Waals surface area (Å²) in [4.78, 5) is 39.0. The predicted octanol–water partition coefficient (Wildman–Crippen LogP) is 4.38. The lowest BCUT2D eigenvalue weighted by Crippen LogP contribution is -2.37. The molecule has 0 aromatic heterocycles. The van der Waals surface area contributed by atoms with Crippen molar-refractivity contribution in [2.75, 3.05) is 26.3 Å². The molecule has 1 aliphatic rings. The molecule has 0 aliphatic carbocycles. The summed E-state index contributed by atoms with van der Waals surface area (Å²) in [7, 11) is 0. The summed E-state index contributed by atoms with van der Waals surface area (Å²) in [5.74, 6) is -2.30. The van der Waals surface area contributed by atoms with Crippen molar-refractivity contribution < 1.29 is 28.6 Å². The lowest BCUT2D eigenvalue weighted by Gasteiger charge is -2.32. The van der Waals surface area contributed by atoms with Gasteiger partial charge in [0.25, 0.3) is 0 Å². The molecule has 1 aromatic carbocycles. The lowest BCUT2D eigenvalue weighted by molar-refractivity contribution is -0.148. The van der Waals surface area contributed by atoms with E-state index >= 15 is 0 Å². The van der Waals surface area contributed by atoms with Crippen LogP contribution in [-0.2, 0) is 28.6 Å². The molecular weight excluding hydrogens is 472 g/mol. The van der Waals surface area contributed by atoms with Crippen LogP contribution in [0.2, 0.25) is 0 Å². The van der Waals surface area contributed by atoms with Crippen molar-refractivity contribution in [1.82, 2.24) is 10.6 Å². The molecule has 202 valence electrons. The fraction of sp³-hybridized carbons (Fsp3) is 0.483. The first-order chi connectivity index (χ1) is 17.5. The van der Waals surface area contributed by atoms with Crippen LogP contribution in [0.4, 0.5) is 0 Å². The van der Waals surface area contributed by atoms with Gasteiger partial charge in [-0.2, -0.15) is 0 Å². The first kappa shape index (κ1) is 29.8. The topological polar surface area (TPSA) is 103 Å². The molecule has 1 unspecified atom stereocenters. The zero-order valence-electron chi connectivity index (χ0n) is 23.0. The first-order valence-electron chi connectivity index (χ1n) is 12.8. The number of nitrogens with one attached hydrogen (secondary N) is 2. The van der Waals surface area contributed by atoms with Gasteiger partial charge in [-0.3, -0.25) is 0 Å². The minimum atomic E-state index is -0.766. The van der Waals surface area contributed by atoms with Gasteiger partial charge in [0.2, 0.25) is 0 Å². The van der Waals surface area contributed by atoms with E-state index in [2.05, 4.69) is 17.6 Å². The van der Waals surface area contributed by atoms with Gasteiger partial charge in [0.1, 0.15) is 5.60 Å². The molecule has 2 rings (SSSR count). The zero-order chi connectivity index (χ0) is 27.6. The van der Waals surface area contributed by atoms with Gasteiger partial charge in [-0.15, -0.1) is 0 Å². The number of esters is 3. The highest BCUT2D eigenvalue weighted by Gasteiger charge is 2.39. The zero-order valence-corrected chi connectivity index (χ0v) is 23.0. The third kappa shape index (κ3) is 8.32. The Labute approximate surface area is 220 Å². The van der Waals surface area contributed by atoms with Crippen LogP contribution in [0.15, 0.2) is 52.9 Å². The maximum absolute atomic E-state index is 13.4. The average Bonchev–Trinajstić information content (AvgIpc) is 2.81. The van der Waals surface area contributed by atoms with Gasteiger partial charge in [-0.25, -0.2) is 14.4 Å². The Hall–Kier alpha value is -3.39. The quantitative estimate of drug-likeness (QED) is 0.195. The van der Waals surface area contributed by atoms with E-state index in [4.69, 9.17) is 14.2 Å². The van der Waals surface area contributed by atoms with Crippen LogP contribution < -0.4 is 10.6 Å². The summed E-state index contributed by atoms with van der Waals surface area (Å²) < 4.78 is 16.3. The van der Waals surface area contributed by atoms with Crippen molar-refractivity contribution in [1.29, 1.82) is 0 Å². The third-order valence-electron chi connectivity index (χ3n) is 5.48. The summed E-state index contributed by atoms with van der Waals surface area (Å²) in [6.07, 6.45) is 3.91. The number of carbonyl (C=O) groups excluding carboxylic acids is 3. The second-order valence-electron chi connectivity index (χ2n) is 9.60. The number of hydrogen-bond donors (Lipinski definition) is 2. The molecular formula is C29H40N2O6. The Morgan fingerprint density at radius 2 is 1.62 bits per heavy atom. The van der Waals surface area contributed by atoms with Crippen molar-refractivity contribution in [3.8, 4) is 0 Å². The SMILES string of the molecule is CCCNCC1=C(C(=O)OCC)C(c2ccccc2C=CC(=O)OC(C)(C)C)C(C(=O)OCC)=C(C)N1. The van der Waals surface area contributed by atoms with Crippen molar-refractivity contribution in [2.45, 2.75) is 66.4 Å². The van der Waals surface area contributed by atoms with Gasteiger partial charge in [0, 0.05) is 24.0 Å². The van der Waals surface area contributed by atoms with E-state index < -0.39 is 29.4 Å². The summed E-state index contributed by atoms with van der Waals surface area (Å²) in [5.41, 5.74) is 2.58. The molecule has 1 aliphatic heterocycles. The second kappa shape index (κ2) is 13.8. The van der Waals surface area contributed by atoms with Gasteiger partial charge < -0.3 is 24.8 Å². The molecule has 8 nitrogen and oxygen atoms in total. The minimum Gasteiger partial charge on any atom is -0.463 e. The van der Waals surface area contributed by atoms with Crippen molar-refractivity contribution in [3.05, 3.63) is 64.0 Å². The van der Waals surface area contributed by atoms with E-state index in [-0.39, 0.29) is 13.2 Å². The minimum absolute atomic E-state index is 0.183. The summed E-state index contributed by atoms with van der Waals surface area (Å²) in [6.45, 7) is 14.2. The van der Waals surface area contributed by atoms with E-state index in [0.717, 1.165) is 13.0 Å². The van der Waals surface area contributed by atoms with Crippen LogP contribution in [-0.4, -0.2) is 49.8 Å². The summed E-state index contributed by atoms with van der Waals surface area (Å²) in [5, 5.41) is 6.58. The van der Waals surface area contributed by atoms with Crippen molar-refractivity contribution in [3.63, 3.8) is 0 Å². The number of ether oxygens (including phenoxy) is 3. The molecule has 0 spiro atoms. The summed E-state index contributed by atoms with van der Waals surface area (Å²) >= 11 is 0. The van der Waals surface area contributed by atoms with Crippen LogP contribution in [0, 0.1) is 0 Å². The molecule has 2 N–H and O–H groups in total. The standard InChI is InChI=1S/C29H40N2O6/c1-8-17-30-18-22-26(28(34)36-10-3)25(24(19(4)31-22)27(33)35-9-2)21-14-12-11-13-20(21)15-16-23(32)37-29(5,6)7/h11-16,25,30-31H,8-10,17-18H2,1-7H3. The number of dihydropyridines is 1. The van der Waals surface area contributed by atoms with Gasteiger partial charge >= 0.3 is 17.9 Å². The largest absolute Gasteiger partial charge is 0.463 e. The number of rotatable bonds is 11. The highest BCUT2D eigenvalue weighted by Crippen LogP contribution is 2.41. The van der Waals surface area contributed by atoms with Crippen LogP contribution in [0.3, 0.4) is 0 Å². The molecule has 0 radical (unpaired) electrons. The summed E-state index contributed by atoms with van der Waals surface area (Å²) in [6, 6.07) is 7.33. The molecule has 0 amide bonds. The number of hydrogen-bond acceptors (Lipinski definition) is 8.